The van der Waals surface area contributed by atoms with Crippen LogP contribution in [0.2, 0.25) is 0 Å². The number of phenols is 1. The van der Waals surface area contributed by atoms with Crippen LogP contribution < -0.4 is 15.9 Å². The van der Waals surface area contributed by atoms with Crippen molar-refractivity contribution in [1.82, 2.24) is 19.9 Å². The van der Waals surface area contributed by atoms with Gasteiger partial charge in [-0.15, -0.1) is 0 Å². The summed E-state index contributed by atoms with van der Waals surface area (Å²) in [5.74, 6) is 0.0853. The molecule has 2 fully saturated rings. The highest BCUT2D eigenvalue weighted by Crippen LogP contribution is 2.38. The molecule has 166 valence electrons. The molecule has 2 aromatic heterocycles. The molecule has 0 spiro atoms. The Balaban J connectivity index is 1.55. The van der Waals surface area contributed by atoms with Crippen LogP contribution in [0.1, 0.15) is 36.8 Å². The SMILES string of the molecule is Cn1c(=O)nc(N2CC3CCC(C2)N3)c2cnc(-c3cc(O)cc4c3CCCC4)c(F)c21. The van der Waals surface area contributed by atoms with E-state index in [0.29, 0.717) is 28.9 Å². The number of fused-ring (bicyclic) bond motifs is 4. The van der Waals surface area contributed by atoms with Crippen molar-refractivity contribution >= 4 is 16.7 Å². The fourth-order valence-electron chi connectivity index (χ4n) is 5.75. The summed E-state index contributed by atoms with van der Waals surface area (Å²) in [5.41, 5.74) is 2.62. The lowest BCUT2D eigenvalue weighted by Gasteiger charge is -2.34. The highest BCUT2D eigenvalue weighted by molar-refractivity contribution is 5.92. The lowest BCUT2D eigenvalue weighted by atomic mass is 9.86. The second-order valence-corrected chi connectivity index (χ2v) is 9.34. The smallest absolute Gasteiger partial charge is 0.349 e. The largest absolute Gasteiger partial charge is 0.508 e. The Morgan fingerprint density at radius 2 is 1.91 bits per heavy atom. The number of anilines is 1. The Bertz CT molecular complexity index is 1290. The molecule has 3 aliphatic rings. The van der Waals surface area contributed by atoms with Crippen LogP contribution in [-0.4, -0.2) is 44.8 Å². The molecule has 2 N–H and O–H groups in total. The third kappa shape index (κ3) is 3.00. The number of benzene rings is 1. The van der Waals surface area contributed by atoms with Gasteiger partial charge in [0.05, 0.1) is 10.9 Å². The van der Waals surface area contributed by atoms with Gasteiger partial charge >= 0.3 is 5.69 Å². The van der Waals surface area contributed by atoms with Crippen molar-refractivity contribution in [2.24, 2.45) is 7.05 Å². The average Bonchev–Trinajstić information content (AvgIpc) is 3.13. The van der Waals surface area contributed by atoms with Crippen molar-refractivity contribution in [3.8, 4) is 17.0 Å². The summed E-state index contributed by atoms with van der Waals surface area (Å²) in [4.78, 5) is 23.7. The lowest BCUT2D eigenvalue weighted by molar-refractivity contribution is 0.463. The van der Waals surface area contributed by atoms with E-state index in [1.165, 1.54) is 4.57 Å². The highest BCUT2D eigenvalue weighted by atomic mass is 19.1. The van der Waals surface area contributed by atoms with E-state index in [4.69, 9.17) is 0 Å². The molecule has 32 heavy (non-hydrogen) atoms. The summed E-state index contributed by atoms with van der Waals surface area (Å²) in [6, 6.07) is 4.10. The molecule has 2 bridgehead atoms. The van der Waals surface area contributed by atoms with Crippen molar-refractivity contribution in [2.45, 2.75) is 50.6 Å². The van der Waals surface area contributed by atoms with Crippen LogP contribution in [-0.2, 0) is 19.9 Å². The van der Waals surface area contributed by atoms with Crippen molar-refractivity contribution < 1.29 is 9.50 Å². The Kier molecular flexibility index (Phi) is 4.47. The Hall–Kier alpha value is -3.00. The van der Waals surface area contributed by atoms with Gasteiger partial charge in [-0.2, -0.15) is 4.98 Å². The fraction of sp³-hybridized carbons (Fsp3) is 0.458. The maximum Gasteiger partial charge on any atom is 0.349 e. The topological polar surface area (TPSA) is 83.3 Å². The first-order valence-corrected chi connectivity index (χ1v) is 11.4. The lowest BCUT2D eigenvalue weighted by Crippen LogP contribution is -2.51. The number of rotatable bonds is 2. The Labute approximate surface area is 184 Å². The van der Waals surface area contributed by atoms with Gasteiger partial charge < -0.3 is 15.3 Å². The third-order valence-electron chi connectivity index (χ3n) is 7.28. The molecule has 3 aromatic rings. The molecule has 1 aliphatic carbocycles. The van der Waals surface area contributed by atoms with Crippen LogP contribution in [0.4, 0.5) is 10.2 Å². The molecular formula is C24H26FN5O2. The zero-order valence-corrected chi connectivity index (χ0v) is 18.1. The number of piperazine rings is 1. The van der Waals surface area contributed by atoms with Crippen LogP contribution in [0.15, 0.2) is 23.1 Å². The van der Waals surface area contributed by atoms with E-state index in [9.17, 15) is 9.90 Å². The number of hydrogen-bond acceptors (Lipinski definition) is 6. The van der Waals surface area contributed by atoms with Gasteiger partial charge in [-0.25, -0.2) is 9.18 Å². The summed E-state index contributed by atoms with van der Waals surface area (Å²) >= 11 is 0. The Morgan fingerprint density at radius 3 is 2.69 bits per heavy atom. The zero-order valence-electron chi connectivity index (χ0n) is 18.1. The van der Waals surface area contributed by atoms with E-state index in [1.807, 2.05) is 0 Å². The van der Waals surface area contributed by atoms with Crippen molar-refractivity contribution in [2.75, 3.05) is 18.0 Å². The van der Waals surface area contributed by atoms with E-state index in [-0.39, 0.29) is 17.0 Å². The summed E-state index contributed by atoms with van der Waals surface area (Å²) in [7, 11) is 1.55. The van der Waals surface area contributed by atoms with Crippen molar-refractivity contribution in [3.05, 3.63) is 45.8 Å². The van der Waals surface area contributed by atoms with Gasteiger partial charge in [0.15, 0.2) is 5.82 Å². The minimum Gasteiger partial charge on any atom is -0.508 e. The molecular weight excluding hydrogens is 409 g/mol. The maximum absolute atomic E-state index is 16.0. The predicted molar refractivity (Wildman–Crippen MR) is 121 cm³/mol. The van der Waals surface area contributed by atoms with Gasteiger partial charge in [0.1, 0.15) is 17.3 Å². The van der Waals surface area contributed by atoms with Gasteiger partial charge in [-0.05, 0) is 61.8 Å². The molecule has 4 heterocycles. The maximum atomic E-state index is 16.0. The molecule has 2 unspecified atom stereocenters. The second-order valence-electron chi connectivity index (χ2n) is 9.34. The molecule has 0 amide bonds. The predicted octanol–water partition coefficient (Wildman–Crippen LogP) is 2.66. The molecule has 7 nitrogen and oxygen atoms in total. The van der Waals surface area contributed by atoms with Gasteiger partial charge in [0, 0.05) is 44.0 Å². The van der Waals surface area contributed by atoms with E-state index in [2.05, 4.69) is 20.2 Å². The Morgan fingerprint density at radius 1 is 1.16 bits per heavy atom. The summed E-state index contributed by atoms with van der Waals surface area (Å²) < 4.78 is 17.3. The van der Waals surface area contributed by atoms with Crippen LogP contribution in [0.3, 0.4) is 0 Å². The molecule has 2 saturated heterocycles. The second kappa shape index (κ2) is 7.27. The minimum atomic E-state index is -0.540. The summed E-state index contributed by atoms with van der Waals surface area (Å²) in [6.45, 7) is 1.49. The molecule has 1 aromatic carbocycles. The minimum absolute atomic E-state index is 0.113. The molecule has 0 saturated carbocycles. The molecule has 8 heteroatoms. The summed E-state index contributed by atoms with van der Waals surface area (Å²) in [5, 5.41) is 14.4. The number of hydrogen-bond donors (Lipinski definition) is 2. The standard InChI is InChI=1S/C24H26FN5O2/c1-29-22-19(23(28-24(29)32)30-11-14-6-7-15(12-30)27-14)10-26-21(20(22)25)18-9-16(31)8-13-4-2-3-5-17(13)18/h8-10,14-15,27,31H,2-7,11-12H2,1H3. The average molecular weight is 436 g/mol. The fourth-order valence-corrected chi connectivity index (χ4v) is 5.75. The number of aromatic hydroxyl groups is 1. The van der Waals surface area contributed by atoms with Gasteiger partial charge in [0.2, 0.25) is 0 Å². The van der Waals surface area contributed by atoms with E-state index >= 15 is 4.39 Å². The van der Waals surface area contributed by atoms with Crippen LogP contribution >= 0.6 is 0 Å². The molecule has 0 radical (unpaired) electrons. The van der Waals surface area contributed by atoms with Gasteiger partial charge in [0.25, 0.3) is 0 Å². The van der Waals surface area contributed by atoms with Crippen molar-refractivity contribution in [3.63, 3.8) is 0 Å². The number of halogens is 1. The van der Waals surface area contributed by atoms with E-state index < -0.39 is 11.5 Å². The van der Waals surface area contributed by atoms with Crippen molar-refractivity contribution in [1.29, 1.82) is 0 Å². The number of phenolic OH excluding ortho intramolecular Hbond substituents is 1. The van der Waals surface area contributed by atoms with Crippen LogP contribution in [0, 0.1) is 5.82 Å². The van der Waals surface area contributed by atoms with Gasteiger partial charge in [-0.3, -0.25) is 9.55 Å². The van der Waals surface area contributed by atoms with E-state index in [1.54, 1.807) is 25.4 Å². The first kappa shape index (κ1) is 19.7. The molecule has 2 aliphatic heterocycles. The number of nitrogens with one attached hydrogen (secondary N) is 1. The third-order valence-corrected chi connectivity index (χ3v) is 7.28. The zero-order chi connectivity index (χ0) is 22.0. The number of nitrogens with zero attached hydrogens (tertiary/aromatic N) is 4. The normalized spacial score (nSPS) is 22.4. The number of pyridine rings is 1. The quantitative estimate of drug-likeness (QED) is 0.644. The number of aryl methyl sites for hydroxylation is 2. The molecule has 2 atom stereocenters. The first-order chi connectivity index (χ1) is 15.5. The highest BCUT2D eigenvalue weighted by Gasteiger charge is 2.34. The number of aromatic nitrogens is 3. The molecule has 6 rings (SSSR count). The summed E-state index contributed by atoms with van der Waals surface area (Å²) in [6.07, 6.45) is 7.61. The van der Waals surface area contributed by atoms with Crippen LogP contribution in [0.5, 0.6) is 5.75 Å². The monoisotopic (exact) mass is 435 g/mol. The van der Waals surface area contributed by atoms with Crippen LogP contribution in [0.25, 0.3) is 22.2 Å². The van der Waals surface area contributed by atoms with Gasteiger partial charge in [-0.1, -0.05) is 0 Å². The first-order valence-electron chi connectivity index (χ1n) is 11.4. The van der Waals surface area contributed by atoms with E-state index in [0.717, 1.165) is 62.7 Å².